The Morgan fingerprint density at radius 1 is 1.42 bits per heavy atom. The summed E-state index contributed by atoms with van der Waals surface area (Å²) in [5, 5.41) is 3.67. The van der Waals surface area contributed by atoms with Crippen LogP contribution >= 0.6 is 0 Å². The van der Waals surface area contributed by atoms with Gasteiger partial charge in [-0.3, -0.25) is 4.79 Å². The monoisotopic (exact) mass is 161 g/mol. The number of benzene rings is 1. The van der Waals surface area contributed by atoms with E-state index in [1.54, 1.807) is 0 Å². The molecule has 0 fully saturated rings. The van der Waals surface area contributed by atoms with Crippen molar-refractivity contribution >= 4 is 23.0 Å². The molecule has 1 amide bonds. The van der Waals surface area contributed by atoms with Crippen molar-refractivity contribution in [2.45, 2.75) is 0 Å². The van der Waals surface area contributed by atoms with E-state index in [0.29, 0.717) is 6.41 Å². The van der Waals surface area contributed by atoms with Gasteiger partial charge in [0.1, 0.15) is 0 Å². The maximum absolute atomic E-state index is 10.2. The van der Waals surface area contributed by atoms with Gasteiger partial charge in [-0.05, 0) is 18.2 Å². The molecule has 0 bridgehead atoms. The lowest BCUT2D eigenvalue weighted by Gasteiger charge is -1.98. The number of nitrogens with one attached hydrogen (secondary N) is 2. The van der Waals surface area contributed by atoms with Gasteiger partial charge in [-0.25, -0.2) is 0 Å². The van der Waals surface area contributed by atoms with Gasteiger partial charge in [-0.1, -0.05) is 6.07 Å². The molecule has 0 aliphatic carbocycles. The third kappa shape index (κ3) is 0.955. The minimum atomic E-state index is 0. The van der Waals surface area contributed by atoms with Crippen molar-refractivity contribution in [1.29, 1.82) is 0 Å². The molecule has 3 heteroatoms. The van der Waals surface area contributed by atoms with Crippen LogP contribution < -0.4 is 5.32 Å². The van der Waals surface area contributed by atoms with Crippen LogP contribution in [0.3, 0.4) is 0 Å². The molecule has 60 valence electrons. The summed E-state index contributed by atoms with van der Waals surface area (Å²) >= 11 is 0. The molecule has 2 aromatic rings. The van der Waals surface area contributed by atoms with Gasteiger partial charge in [0.05, 0.1) is 0 Å². The Labute approximate surface area is 70.9 Å². The minimum absolute atomic E-state index is 0. The molecule has 0 aliphatic heterocycles. The molecule has 3 nitrogen and oxygen atoms in total. The van der Waals surface area contributed by atoms with Gasteiger partial charge in [0.15, 0.2) is 0 Å². The average molecular weight is 161 g/mol. The minimum Gasteiger partial charge on any atom is -0.361 e. The number of hydrogen-bond donors (Lipinski definition) is 2. The van der Waals surface area contributed by atoms with Gasteiger partial charge >= 0.3 is 1.43 Å². The van der Waals surface area contributed by atoms with E-state index in [0.717, 1.165) is 16.6 Å². The van der Waals surface area contributed by atoms with Gasteiger partial charge < -0.3 is 10.3 Å². The second-order valence-corrected chi connectivity index (χ2v) is 2.51. The number of carbonyl (C=O) groups is 1. The Kier molecular flexibility index (Phi) is 1.55. The zero-order chi connectivity index (χ0) is 8.39. The van der Waals surface area contributed by atoms with Crippen LogP contribution in [0.15, 0.2) is 30.5 Å². The molecule has 0 saturated heterocycles. The summed E-state index contributed by atoms with van der Waals surface area (Å²) in [5.74, 6) is 0. The summed E-state index contributed by atoms with van der Waals surface area (Å²) in [6.07, 6.45) is 2.53. The first-order chi connectivity index (χ1) is 5.92. The van der Waals surface area contributed by atoms with E-state index >= 15 is 0 Å². The second-order valence-electron chi connectivity index (χ2n) is 2.51. The molecule has 0 unspecified atom stereocenters. The first-order valence-electron chi connectivity index (χ1n) is 3.68. The largest absolute Gasteiger partial charge is 1.00 e. The van der Waals surface area contributed by atoms with E-state index in [1.807, 2.05) is 30.5 Å². The maximum atomic E-state index is 10.2. The van der Waals surface area contributed by atoms with Crippen LogP contribution in [-0.2, 0) is 4.79 Å². The number of anilines is 1. The number of amides is 1. The van der Waals surface area contributed by atoms with Gasteiger partial charge in [0.25, 0.3) is 0 Å². The van der Waals surface area contributed by atoms with Crippen LogP contribution in [0.25, 0.3) is 10.9 Å². The molecule has 2 rings (SSSR count). The molecule has 0 atom stereocenters. The molecule has 0 aliphatic rings. The van der Waals surface area contributed by atoms with Crippen LogP contribution in [0.2, 0.25) is 0 Å². The molecule has 0 radical (unpaired) electrons. The summed E-state index contributed by atoms with van der Waals surface area (Å²) in [6.45, 7) is 0. The Morgan fingerprint density at radius 2 is 2.33 bits per heavy atom. The number of aromatic amines is 1. The highest BCUT2D eigenvalue weighted by Gasteiger charge is 1.98. The maximum Gasteiger partial charge on any atom is 1.00 e. The molecule has 0 spiro atoms. The zero-order valence-corrected chi connectivity index (χ0v) is 6.37. The predicted octanol–water partition coefficient (Wildman–Crippen LogP) is 1.85. The van der Waals surface area contributed by atoms with Crippen molar-refractivity contribution in [2.24, 2.45) is 0 Å². The molecule has 12 heavy (non-hydrogen) atoms. The first kappa shape index (κ1) is 6.91. The summed E-state index contributed by atoms with van der Waals surface area (Å²) in [6, 6.07) is 7.65. The number of aromatic nitrogens is 1. The van der Waals surface area contributed by atoms with E-state index in [-0.39, 0.29) is 1.43 Å². The summed E-state index contributed by atoms with van der Waals surface area (Å²) in [5.41, 5.74) is 1.87. The Morgan fingerprint density at radius 3 is 3.17 bits per heavy atom. The highest BCUT2D eigenvalue weighted by Crippen LogP contribution is 2.21. The van der Waals surface area contributed by atoms with E-state index in [1.165, 1.54) is 0 Å². The fraction of sp³-hybridized carbons (Fsp3) is 0. The Balaban J connectivity index is 0.000000845. The van der Waals surface area contributed by atoms with Crippen LogP contribution in [0.4, 0.5) is 5.69 Å². The van der Waals surface area contributed by atoms with E-state index in [2.05, 4.69) is 10.3 Å². The van der Waals surface area contributed by atoms with Crippen molar-refractivity contribution in [3.05, 3.63) is 30.5 Å². The lowest BCUT2D eigenvalue weighted by molar-refractivity contribution is -0.105. The molecule has 1 aromatic heterocycles. The standard InChI is InChI=1S/C9H8N2O/c12-6-11-9-3-1-2-8-7(9)4-5-10-8/h1-6,10H,(H,11,12)/p+1. The molecular formula is C9H9N2O+. The Hall–Kier alpha value is -1.77. The normalized spacial score (nSPS) is 10.0. The van der Waals surface area contributed by atoms with Crippen molar-refractivity contribution in [1.82, 2.24) is 4.98 Å². The van der Waals surface area contributed by atoms with Crippen molar-refractivity contribution in [2.75, 3.05) is 5.32 Å². The predicted molar refractivity (Wildman–Crippen MR) is 49.1 cm³/mol. The van der Waals surface area contributed by atoms with Crippen molar-refractivity contribution in [3.63, 3.8) is 0 Å². The van der Waals surface area contributed by atoms with E-state index in [4.69, 9.17) is 0 Å². The Bertz CT molecular complexity index is 411. The summed E-state index contributed by atoms with van der Waals surface area (Å²) in [7, 11) is 0. The number of carbonyl (C=O) groups excluding carboxylic acids is 1. The molecule has 1 aromatic carbocycles. The van der Waals surface area contributed by atoms with Crippen molar-refractivity contribution in [3.8, 4) is 0 Å². The van der Waals surface area contributed by atoms with Gasteiger partial charge in [-0.15, -0.1) is 0 Å². The summed E-state index contributed by atoms with van der Waals surface area (Å²) in [4.78, 5) is 13.3. The third-order valence-electron chi connectivity index (χ3n) is 1.81. The highest BCUT2D eigenvalue weighted by atomic mass is 16.1. The lowest BCUT2D eigenvalue weighted by Crippen LogP contribution is -1.93. The molecule has 2 N–H and O–H groups in total. The summed E-state index contributed by atoms with van der Waals surface area (Å²) < 4.78 is 0. The van der Waals surface area contributed by atoms with Crippen molar-refractivity contribution < 1.29 is 6.22 Å². The molecule has 0 saturated carbocycles. The third-order valence-corrected chi connectivity index (χ3v) is 1.81. The SMILES string of the molecule is O=CNc1cccc2[nH]ccc12.[H+]. The van der Waals surface area contributed by atoms with E-state index in [9.17, 15) is 4.79 Å². The van der Waals surface area contributed by atoms with Crippen LogP contribution in [0.5, 0.6) is 0 Å². The number of rotatable bonds is 2. The topological polar surface area (TPSA) is 44.9 Å². The van der Waals surface area contributed by atoms with Crippen LogP contribution in [-0.4, -0.2) is 11.4 Å². The molecule has 1 heterocycles. The van der Waals surface area contributed by atoms with Crippen LogP contribution in [0, 0.1) is 0 Å². The van der Waals surface area contributed by atoms with Gasteiger partial charge in [0, 0.05) is 22.8 Å². The smallest absolute Gasteiger partial charge is 0.361 e. The number of hydrogen-bond acceptors (Lipinski definition) is 1. The zero-order valence-electron chi connectivity index (χ0n) is 7.37. The van der Waals surface area contributed by atoms with Gasteiger partial charge in [0.2, 0.25) is 6.41 Å². The molecular weight excluding hydrogens is 152 g/mol. The quantitative estimate of drug-likeness (QED) is 0.648. The fourth-order valence-corrected chi connectivity index (χ4v) is 1.27. The average Bonchev–Trinajstić information content (AvgIpc) is 2.53. The van der Waals surface area contributed by atoms with E-state index < -0.39 is 0 Å². The fourth-order valence-electron chi connectivity index (χ4n) is 1.27. The van der Waals surface area contributed by atoms with Crippen LogP contribution in [0.1, 0.15) is 1.43 Å². The number of fused-ring (bicyclic) bond motifs is 1. The van der Waals surface area contributed by atoms with Gasteiger partial charge in [-0.2, -0.15) is 0 Å². The lowest BCUT2D eigenvalue weighted by atomic mass is 10.2. The highest BCUT2D eigenvalue weighted by molar-refractivity contribution is 5.95. The second kappa shape index (κ2) is 2.70. The first-order valence-corrected chi connectivity index (χ1v) is 3.68. The number of H-pyrrole nitrogens is 1.